The van der Waals surface area contributed by atoms with Gasteiger partial charge in [-0.3, -0.25) is 4.79 Å². The third kappa shape index (κ3) is 7.40. The van der Waals surface area contributed by atoms with E-state index in [0.29, 0.717) is 23.5 Å². The smallest absolute Gasteiger partial charge is 0.154 e. The van der Waals surface area contributed by atoms with Crippen LogP contribution in [0.5, 0.6) is 17.2 Å². The third-order valence-electron chi connectivity index (χ3n) is 5.56. The van der Waals surface area contributed by atoms with Crippen LogP contribution in [0.3, 0.4) is 0 Å². The van der Waals surface area contributed by atoms with Gasteiger partial charge in [0.1, 0.15) is 23.4 Å². The molecule has 0 heterocycles. The summed E-state index contributed by atoms with van der Waals surface area (Å²) in [5, 5.41) is 8.30. The van der Waals surface area contributed by atoms with Gasteiger partial charge in [-0.2, -0.15) is 0 Å². The largest absolute Gasteiger partial charge is 0.497 e. The Labute approximate surface area is 192 Å². The number of benzene rings is 2. The van der Waals surface area contributed by atoms with Crippen molar-refractivity contribution in [3.63, 3.8) is 0 Å². The molecule has 2 aromatic carbocycles. The highest BCUT2D eigenvalue weighted by molar-refractivity contribution is 5.92. The molecule has 0 aliphatic carbocycles. The average Bonchev–Trinajstić information content (AvgIpc) is 2.81. The summed E-state index contributed by atoms with van der Waals surface area (Å²) in [4.78, 5) is 11.9. The van der Waals surface area contributed by atoms with Crippen LogP contribution in [-0.4, -0.2) is 32.3 Å². The van der Waals surface area contributed by atoms with Gasteiger partial charge in [0.15, 0.2) is 6.29 Å². The summed E-state index contributed by atoms with van der Waals surface area (Å²) in [5.41, 5.74) is 2.85. The van der Waals surface area contributed by atoms with Gasteiger partial charge < -0.3 is 19.6 Å². The van der Waals surface area contributed by atoms with Crippen molar-refractivity contribution >= 4 is 12.0 Å². The number of methoxy groups -OCH3 is 2. The first kappa shape index (κ1) is 25.4. The monoisotopic (exact) mass is 439 g/mol. The number of unbranched alkanes of at least 4 members (excludes halogenated alkanes) is 3. The fourth-order valence-corrected chi connectivity index (χ4v) is 3.84. The molecule has 0 amide bonds. The zero-order valence-corrected chi connectivity index (χ0v) is 19.9. The summed E-state index contributed by atoms with van der Waals surface area (Å²) in [6.45, 7) is 4.29. The Kier molecular flexibility index (Phi) is 10.8. The van der Waals surface area contributed by atoms with E-state index in [2.05, 4.69) is 13.8 Å². The molecule has 0 spiro atoms. The van der Waals surface area contributed by atoms with Crippen LogP contribution in [-0.2, 0) is 0 Å². The van der Waals surface area contributed by atoms with E-state index in [1.54, 1.807) is 20.3 Å². The highest BCUT2D eigenvalue weighted by Gasteiger charge is 2.18. The van der Waals surface area contributed by atoms with Crippen molar-refractivity contribution in [2.75, 3.05) is 14.2 Å². The van der Waals surface area contributed by atoms with Crippen LogP contribution < -0.4 is 14.2 Å². The zero-order chi connectivity index (χ0) is 23.3. The molecule has 2 rings (SSSR count). The summed E-state index contributed by atoms with van der Waals surface area (Å²) >= 11 is 0. The molecule has 0 aliphatic rings. The van der Waals surface area contributed by atoms with Crippen LogP contribution in [0.25, 0.3) is 11.1 Å². The minimum Gasteiger partial charge on any atom is -0.497 e. The van der Waals surface area contributed by atoms with Crippen LogP contribution >= 0.6 is 0 Å². The van der Waals surface area contributed by atoms with Crippen LogP contribution in [0.4, 0.5) is 0 Å². The molecule has 32 heavy (non-hydrogen) atoms. The number of hydrogen-bond acceptors (Lipinski definition) is 5. The zero-order valence-electron chi connectivity index (χ0n) is 19.9. The summed E-state index contributed by atoms with van der Waals surface area (Å²) in [7, 11) is 3.18. The standard InChI is InChI=1S/C27H37NO4/c1-5-7-8-9-11-23(16-21(28)10-6-2)32-24-17-25(26(19-29)27(18-24)31-4)20-12-14-22(30-3)15-13-20/h12-15,17-19,23,28H,5-11,16H2,1-4H3. The number of hydrogen-bond donors (Lipinski definition) is 1. The Morgan fingerprint density at radius 3 is 2.31 bits per heavy atom. The summed E-state index contributed by atoms with van der Waals surface area (Å²) < 4.78 is 17.2. The molecule has 0 radical (unpaired) electrons. The molecule has 2 aromatic rings. The van der Waals surface area contributed by atoms with Crippen LogP contribution in [0.15, 0.2) is 36.4 Å². The molecule has 0 fully saturated rings. The maximum atomic E-state index is 11.9. The van der Waals surface area contributed by atoms with E-state index < -0.39 is 0 Å². The maximum absolute atomic E-state index is 11.9. The van der Waals surface area contributed by atoms with Gasteiger partial charge in [0.05, 0.1) is 19.8 Å². The molecule has 1 N–H and O–H groups in total. The highest BCUT2D eigenvalue weighted by atomic mass is 16.5. The number of nitrogens with one attached hydrogen (secondary N) is 1. The van der Waals surface area contributed by atoms with Gasteiger partial charge >= 0.3 is 0 Å². The van der Waals surface area contributed by atoms with Crippen molar-refractivity contribution in [2.45, 2.75) is 71.3 Å². The molecule has 5 nitrogen and oxygen atoms in total. The maximum Gasteiger partial charge on any atom is 0.154 e. The Hall–Kier alpha value is -2.82. The van der Waals surface area contributed by atoms with Crippen molar-refractivity contribution in [1.82, 2.24) is 0 Å². The SMILES string of the molecule is CCCCCCC(CC(=N)CCC)Oc1cc(OC)c(C=O)c(-c2ccc(OC)cc2)c1. The lowest BCUT2D eigenvalue weighted by Gasteiger charge is -2.21. The van der Waals surface area contributed by atoms with E-state index in [1.165, 1.54) is 19.3 Å². The Balaban J connectivity index is 2.34. The second kappa shape index (κ2) is 13.6. The van der Waals surface area contributed by atoms with E-state index in [4.69, 9.17) is 19.6 Å². The lowest BCUT2D eigenvalue weighted by Crippen LogP contribution is -2.21. The summed E-state index contributed by atoms with van der Waals surface area (Å²) in [6.07, 6.45) is 8.67. The Bertz CT molecular complexity index is 861. The van der Waals surface area contributed by atoms with Crippen LogP contribution in [0, 0.1) is 5.41 Å². The van der Waals surface area contributed by atoms with E-state index >= 15 is 0 Å². The molecular formula is C27H37NO4. The van der Waals surface area contributed by atoms with Gasteiger partial charge in [-0.05, 0) is 48.6 Å². The lowest BCUT2D eigenvalue weighted by molar-refractivity contribution is 0.112. The second-order valence-electron chi connectivity index (χ2n) is 8.08. The number of carbonyl (C=O) groups is 1. The normalized spacial score (nSPS) is 11.6. The van der Waals surface area contributed by atoms with Crippen LogP contribution in [0.2, 0.25) is 0 Å². The molecule has 0 bridgehead atoms. The first-order valence-electron chi connectivity index (χ1n) is 11.6. The molecule has 1 atom stereocenters. The molecule has 0 aliphatic heterocycles. The quantitative estimate of drug-likeness (QED) is 0.182. The minimum atomic E-state index is -0.0681. The molecule has 0 saturated carbocycles. The molecule has 174 valence electrons. The highest BCUT2D eigenvalue weighted by Crippen LogP contribution is 2.36. The number of ether oxygens (including phenoxy) is 3. The molecule has 1 unspecified atom stereocenters. The fourth-order valence-electron chi connectivity index (χ4n) is 3.84. The molecule has 0 aromatic heterocycles. The predicted molar refractivity (Wildman–Crippen MR) is 131 cm³/mol. The van der Waals surface area contributed by atoms with Gasteiger partial charge in [0.2, 0.25) is 0 Å². The molecule has 5 heteroatoms. The third-order valence-corrected chi connectivity index (χ3v) is 5.56. The first-order chi connectivity index (χ1) is 15.6. The molecular weight excluding hydrogens is 402 g/mol. The second-order valence-corrected chi connectivity index (χ2v) is 8.08. The van der Waals surface area contributed by atoms with Crippen molar-refractivity contribution in [3.8, 4) is 28.4 Å². The van der Waals surface area contributed by atoms with Gasteiger partial charge in [0.25, 0.3) is 0 Å². The summed E-state index contributed by atoms with van der Waals surface area (Å²) in [6, 6.07) is 11.3. The topological polar surface area (TPSA) is 68.6 Å². The average molecular weight is 440 g/mol. The predicted octanol–water partition coefficient (Wildman–Crippen LogP) is 7.11. The number of aldehydes is 1. The Morgan fingerprint density at radius 2 is 1.72 bits per heavy atom. The minimum absolute atomic E-state index is 0.0681. The van der Waals surface area contributed by atoms with Gasteiger partial charge in [-0.1, -0.05) is 51.7 Å². The molecule has 0 saturated heterocycles. The van der Waals surface area contributed by atoms with Gasteiger partial charge in [-0.15, -0.1) is 0 Å². The number of rotatable bonds is 15. The van der Waals surface area contributed by atoms with E-state index in [0.717, 1.165) is 54.6 Å². The lowest BCUT2D eigenvalue weighted by atomic mass is 9.98. The number of carbonyl (C=O) groups excluding carboxylic acids is 1. The van der Waals surface area contributed by atoms with E-state index in [9.17, 15) is 4.79 Å². The Morgan fingerprint density at radius 1 is 0.969 bits per heavy atom. The van der Waals surface area contributed by atoms with Crippen molar-refractivity contribution < 1.29 is 19.0 Å². The summed E-state index contributed by atoms with van der Waals surface area (Å²) in [5.74, 6) is 1.89. The van der Waals surface area contributed by atoms with E-state index in [1.807, 2.05) is 30.3 Å². The van der Waals surface area contributed by atoms with Gasteiger partial charge in [0, 0.05) is 18.2 Å². The van der Waals surface area contributed by atoms with Crippen molar-refractivity contribution in [3.05, 3.63) is 42.0 Å². The van der Waals surface area contributed by atoms with Gasteiger partial charge in [-0.25, -0.2) is 0 Å². The van der Waals surface area contributed by atoms with Crippen molar-refractivity contribution in [1.29, 1.82) is 5.41 Å². The van der Waals surface area contributed by atoms with Crippen LogP contribution in [0.1, 0.15) is 75.6 Å². The van der Waals surface area contributed by atoms with Crippen molar-refractivity contribution in [2.24, 2.45) is 0 Å². The first-order valence-corrected chi connectivity index (χ1v) is 11.6. The van der Waals surface area contributed by atoms with E-state index in [-0.39, 0.29) is 6.10 Å². The fraction of sp³-hybridized carbons (Fsp3) is 0.481.